The molecule has 0 N–H and O–H groups in total. The topological polar surface area (TPSA) is 9.86 Å². The molecule has 0 amide bonds. The zero-order chi connectivity index (χ0) is 16.6. The molecule has 5 rings (SSSR count). The van der Waals surface area contributed by atoms with E-state index in [1.165, 1.54) is 44.3 Å². The Labute approximate surface area is 142 Å². The average Bonchev–Trinajstić information content (AvgIpc) is 3.07. The molecule has 1 aliphatic rings. The van der Waals surface area contributed by atoms with Crippen molar-refractivity contribution >= 4 is 21.8 Å². The molecule has 2 nitrogen and oxygen atoms in total. The largest absolute Gasteiger partial charge is 0.347 e. The van der Waals surface area contributed by atoms with Gasteiger partial charge >= 0.3 is 0 Å². The molecule has 2 aromatic heterocycles. The molecule has 2 heterocycles. The van der Waals surface area contributed by atoms with E-state index in [0.29, 0.717) is 11.8 Å². The van der Waals surface area contributed by atoms with E-state index < -0.39 is 0 Å². The summed E-state index contributed by atoms with van der Waals surface area (Å²) in [6.45, 7) is 4.74. The number of hydrogen-bond acceptors (Lipinski definition) is 0. The van der Waals surface area contributed by atoms with Gasteiger partial charge in [0, 0.05) is 59.1 Å². The van der Waals surface area contributed by atoms with Crippen LogP contribution in [0.5, 0.6) is 0 Å². The lowest BCUT2D eigenvalue weighted by Crippen LogP contribution is -2.17. The van der Waals surface area contributed by atoms with Crippen molar-refractivity contribution in [3.05, 3.63) is 71.0 Å². The van der Waals surface area contributed by atoms with Crippen LogP contribution in [0.2, 0.25) is 0 Å². The van der Waals surface area contributed by atoms with Crippen LogP contribution in [-0.2, 0) is 14.1 Å². The van der Waals surface area contributed by atoms with E-state index in [9.17, 15) is 0 Å². The summed E-state index contributed by atoms with van der Waals surface area (Å²) in [6, 6.07) is 17.7. The van der Waals surface area contributed by atoms with E-state index >= 15 is 0 Å². The van der Waals surface area contributed by atoms with Crippen molar-refractivity contribution in [2.24, 2.45) is 14.1 Å². The van der Waals surface area contributed by atoms with Crippen molar-refractivity contribution in [2.75, 3.05) is 0 Å². The van der Waals surface area contributed by atoms with E-state index in [1.54, 1.807) is 0 Å². The maximum Gasteiger partial charge on any atom is 0.0483 e. The highest BCUT2D eigenvalue weighted by Gasteiger charge is 2.36. The zero-order valence-corrected chi connectivity index (χ0v) is 14.7. The predicted octanol–water partition coefficient (Wildman–Crippen LogP) is 5.29. The maximum atomic E-state index is 2.41. The van der Waals surface area contributed by atoms with E-state index in [-0.39, 0.29) is 0 Å². The number of benzene rings is 2. The lowest BCUT2D eigenvalue weighted by molar-refractivity contribution is 0.679. The molecule has 2 heteroatoms. The third kappa shape index (κ3) is 1.47. The van der Waals surface area contributed by atoms with Crippen LogP contribution in [0.1, 0.15) is 48.2 Å². The minimum absolute atomic E-state index is 0.412. The van der Waals surface area contributed by atoms with Crippen molar-refractivity contribution < 1.29 is 0 Å². The summed E-state index contributed by atoms with van der Waals surface area (Å²) < 4.78 is 4.83. The lowest BCUT2D eigenvalue weighted by Gasteiger charge is -2.28. The second-order valence-electron chi connectivity index (χ2n) is 7.19. The quantitative estimate of drug-likeness (QED) is 0.417. The Balaban J connectivity index is 1.94. The van der Waals surface area contributed by atoms with E-state index in [4.69, 9.17) is 0 Å². The zero-order valence-electron chi connectivity index (χ0n) is 14.7. The van der Waals surface area contributed by atoms with Crippen LogP contribution in [0.15, 0.2) is 48.5 Å². The van der Waals surface area contributed by atoms with Gasteiger partial charge in [0.15, 0.2) is 0 Å². The van der Waals surface area contributed by atoms with Crippen molar-refractivity contribution in [1.82, 2.24) is 9.13 Å². The predicted molar refractivity (Wildman–Crippen MR) is 101 cm³/mol. The van der Waals surface area contributed by atoms with Gasteiger partial charge in [0.25, 0.3) is 0 Å². The standard InChI is InChI=1S/C22H22N2/c1-13-19-15-9-5-7-11-17(15)24(4)22(19)14(2)20-16-10-6-8-12-18(16)23(3)21(13)20/h5-14H,1-4H3. The Morgan fingerprint density at radius 3 is 1.42 bits per heavy atom. The van der Waals surface area contributed by atoms with E-state index in [2.05, 4.69) is 85.6 Å². The highest BCUT2D eigenvalue weighted by Crippen LogP contribution is 2.49. The van der Waals surface area contributed by atoms with Crippen molar-refractivity contribution in [2.45, 2.75) is 25.7 Å². The van der Waals surface area contributed by atoms with Crippen LogP contribution in [-0.4, -0.2) is 9.13 Å². The number of para-hydroxylation sites is 2. The minimum atomic E-state index is 0.412. The summed E-state index contributed by atoms with van der Waals surface area (Å²) in [6.07, 6.45) is 0. The third-order valence-electron chi connectivity index (χ3n) is 6.07. The summed E-state index contributed by atoms with van der Waals surface area (Å²) in [4.78, 5) is 0. The summed E-state index contributed by atoms with van der Waals surface area (Å²) >= 11 is 0. The molecule has 1 aliphatic carbocycles. The average molecular weight is 314 g/mol. The smallest absolute Gasteiger partial charge is 0.0483 e. The molecule has 2 aromatic carbocycles. The number of rotatable bonds is 0. The first kappa shape index (κ1) is 13.9. The SMILES string of the molecule is CC1c2c(n(C)c3ccccc23)C(C)c2c1n(C)c1ccccc21. The van der Waals surface area contributed by atoms with Gasteiger partial charge in [-0.25, -0.2) is 0 Å². The number of aromatic nitrogens is 2. The first-order chi connectivity index (χ1) is 11.6. The molecule has 24 heavy (non-hydrogen) atoms. The fourth-order valence-corrected chi connectivity index (χ4v) is 5.12. The number of fused-ring (bicyclic) bond motifs is 6. The molecule has 4 aromatic rings. The van der Waals surface area contributed by atoms with E-state index in [1.807, 2.05) is 0 Å². The number of aryl methyl sites for hydroxylation is 2. The van der Waals surface area contributed by atoms with Crippen molar-refractivity contribution in [1.29, 1.82) is 0 Å². The Bertz CT molecular complexity index is 1020. The normalized spacial score (nSPS) is 19.7. The Morgan fingerprint density at radius 2 is 1.00 bits per heavy atom. The molecule has 2 unspecified atom stereocenters. The van der Waals surface area contributed by atoms with Gasteiger partial charge in [-0.1, -0.05) is 50.2 Å². The molecule has 120 valence electrons. The molecular formula is C22H22N2. The third-order valence-corrected chi connectivity index (χ3v) is 6.07. The fourth-order valence-electron chi connectivity index (χ4n) is 5.12. The van der Waals surface area contributed by atoms with Crippen LogP contribution in [0.3, 0.4) is 0 Å². The summed E-state index contributed by atoms with van der Waals surface area (Å²) in [7, 11) is 4.45. The molecule has 2 atom stereocenters. The molecule has 0 saturated carbocycles. The van der Waals surface area contributed by atoms with Gasteiger partial charge in [-0.3, -0.25) is 0 Å². The van der Waals surface area contributed by atoms with Gasteiger partial charge in [-0.2, -0.15) is 0 Å². The highest BCUT2D eigenvalue weighted by molar-refractivity contribution is 5.92. The number of nitrogens with zero attached hydrogens (tertiary/aromatic N) is 2. The van der Waals surface area contributed by atoms with Crippen LogP contribution in [0, 0.1) is 0 Å². The van der Waals surface area contributed by atoms with Crippen molar-refractivity contribution in [3.8, 4) is 0 Å². The summed E-state index contributed by atoms with van der Waals surface area (Å²) in [5.74, 6) is 0.824. The van der Waals surface area contributed by atoms with Crippen LogP contribution in [0.4, 0.5) is 0 Å². The maximum absolute atomic E-state index is 2.41. The fraction of sp³-hybridized carbons (Fsp3) is 0.273. The second kappa shape index (κ2) is 4.54. The Morgan fingerprint density at radius 1 is 0.625 bits per heavy atom. The molecule has 0 bridgehead atoms. The van der Waals surface area contributed by atoms with Gasteiger partial charge in [-0.15, -0.1) is 0 Å². The molecule has 0 saturated heterocycles. The number of hydrogen-bond donors (Lipinski definition) is 0. The molecule has 0 radical (unpaired) electrons. The van der Waals surface area contributed by atoms with Gasteiger partial charge in [0.2, 0.25) is 0 Å². The minimum Gasteiger partial charge on any atom is -0.347 e. The lowest BCUT2D eigenvalue weighted by atomic mass is 9.78. The summed E-state index contributed by atoms with van der Waals surface area (Å²) in [5.41, 5.74) is 8.68. The monoisotopic (exact) mass is 314 g/mol. The van der Waals surface area contributed by atoms with Gasteiger partial charge in [0.05, 0.1) is 0 Å². The van der Waals surface area contributed by atoms with Crippen molar-refractivity contribution in [3.63, 3.8) is 0 Å². The Hall–Kier alpha value is -2.48. The van der Waals surface area contributed by atoms with Gasteiger partial charge in [-0.05, 0) is 23.3 Å². The highest BCUT2D eigenvalue weighted by atomic mass is 15.0. The van der Waals surface area contributed by atoms with Crippen LogP contribution < -0.4 is 0 Å². The van der Waals surface area contributed by atoms with Crippen LogP contribution >= 0.6 is 0 Å². The van der Waals surface area contributed by atoms with Crippen LogP contribution in [0.25, 0.3) is 21.8 Å². The Kier molecular flexibility index (Phi) is 2.63. The van der Waals surface area contributed by atoms with Gasteiger partial charge in [0.1, 0.15) is 0 Å². The second-order valence-corrected chi connectivity index (χ2v) is 7.19. The molecule has 0 aliphatic heterocycles. The molecule has 0 spiro atoms. The van der Waals surface area contributed by atoms with Gasteiger partial charge < -0.3 is 9.13 Å². The first-order valence-electron chi connectivity index (χ1n) is 8.75. The summed E-state index contributed by atoms with van der Waals surface area (Å²) in [5, 5.41) is 2.82. The molecular weight excluding hydrogens is 292 g/mol. The van der Waals surface area contributed by atoms with E-state index in [0.717, 1.165) is 0 Å². The first-order valence-corrected chi connectivity index (χ1v) is 8.75. The molecule has 0 fully saturated rings.